The molecule has 6 nitrogen and oxygen atoms in total. The van der Waals surface area contributed by atoms with Crippen molar-refractivity contribution in [2.24, 2.45) is 5.73 Å². The van der Waals surface area contributed by atoms with Crippen LogP contribution in [0.3, 0.4) is 0 Å². The Balaban J connectivity index is 0. The first-order valence-corrected chi connectivity index (χ1v) is 7.17. The maximum Gasteiger partial charge on any atom is 1.00 e. The van der Waals surface area contributed by atoms with Gasteiger partial charge < -0.3 is 20.4 Å². The Hall–Kier alpha value is -0.430. The molecule has 0 spiro atoms. The third-order valence-corrected chi connectivity index (χ3v) is 2.92. The molecule has 0 unspecified atom stereocenters. The van der Waals surface area contributed by atoms with Crippen molar-refractivity contribution in [3.8, 4) is 0 Å². The summed E-state index contributed by atoms with van der Waals surface area (Å²) in [7, 11) is 0. The number of hydrogen-bond donors (Lipinski definition) is 1. The van der Waals surface area contributed by atoms with Crippen molar-refractivity contribution >= 4 is 17.9 Å². The van der Waals surface area contributed by atoms with Crippen LogP contribution in [0.25, 0.3) is 0 Å². The number of rotatable bonds is 11. The third kappa shape index (κ3) is 14.3. The van der Waals surface area contributed by atoms with Crippen LogP contribution in [0.2, 0.25) is 0 Å². The maximum absolute atomic E-state index is 11.3. The van der Waals surface area contributed by atoms with Crippen LogP contribution in [-0.4, -0.2) is 23.9 Å². The zero-order chi connectivity index (χ0) is 15.4. The summed E-state index contributed by atoms with van der Waals surface area (Å²) in [6, 6.07) is -1.21. The normalized spacial score (nSPS) is 11.3. The SMILES string of the molecule is CCCCCCCCC(=O)OC(=O)CC[C@H](N)C(=O)[O-].[Na+]. The van der Waals surface area contributed by atoms with E-state index in [1.165, 1.54) is 12.8 Å². The topological polar surface area (TPSA) is 110 Å². The molecule has 0 aromatic rings. The minimum absolute atomic E-state index is 0. The fraction of sp³-hybridized carbons (Fsp3) is 0.786. The summed E-state index contributed by atoms with van der Waals surface area (Å²) in [6.07, 6.45) is 6.17. The van der Waals surface area contributed by atoms with Gasteiger partial charge in [0.1, 0.15) is 0 Å². The quantitative estimate of drug-likeness (QED) is 0.198. The van der Waals surface area contributed by atoms with Crippen molar-refractivity contribution < 1.29 is 53.8 Å². The van der Waals surface area contributed by atoms with Gasteiger partial charge in [0.15, 0.2) is 0 Å². The van der Waals surface area contributed by atoms with Gasteiger partial charge in [-0.25, -0.2) is 0 Å². The summed E-state index contributed by atoms with van der Waals surface area (Å²) < 4.78 is 4.56. The van der Waals surface area contributed by atoms with Crippen molar-refractivity contribution in [3.63, 3.8) is 0 Å². The number of nitrogens with two attached hydrogens (primary N) is 1. The minimum Gasteiger partial charge on any atom is -0.548 e. The molecule has 0 bridgehead atoms. The van der Waals surface area contributed by atoms with Crippen molar-refractivity contribution in [2.75, 3.05) is 0 Å². The number of ether oxygens (including phenoxy) is 1. The molecule has 0 radical (unpaired) electrons. The summed E-state index contributed by atoms with van der Waals surface area (Å²) in [6.45, 7) is 2.13. The number of carbonyl (C=O) groups excluding carboxylic acids is 3. The van der Waals surface area contributed by atoms with Crippen LogP contribution in [0, 0.1) is 0 Å². The summed E-state index contributed by atoms with van der Waals surface area (Å²) in [5, 5.41) is 10.3. The molecule has 0 amide bonds. The average Bonchev–Trinajstić information content (AvgIpc) is 2.39. The van der Waals surface area contributed by atoms with Crippen LogP contribution < -0.4 is 40.4 Å². The number of carbonyl (C=O) groups is 3. The van der Waals surface area contributed by atoms with Gasteiger partial charge in [0, 0.05) is 18.9 Å². The van der Waals surface area contributed by atoms with E-state index in [9.17, 15) is 19.5 Å². The predicted octanol–water partition coefficient (Wildman–Crippen LogP) is -2.33. The van der Waals surface area contributed by atoms with Gasteiger partial charge in [0.2, 0.25) is 0 Å². The van der Waals surface area contributed by atoms with E-state index in [0.717, 1.165) is 19.3 Å². The molecule has 0 fully saturated rings. The molecule has 0 aliphatic rings. The number of esters is 2. The Morgan fingerprint density at radius 2 is 1.52 bits per heavy atom. The molecule has 2 N–H and O–H groups in total. The van der Waals surface area contributed by atoms with Crippen LogP contribution in [0.15, 0.2) is 0 Å². The van der Waals surface area contributed by atoms with Gasteiger partial charge in [-0.3, -0.25) is 9.59 Å². The predicted molar refractivity (Wildman–Crippen MR) is 71.3 cm³/mol. The Morgan fingerprint density at radius 3 is 2.10 bits per heavy atom. The average molecular weight is 309 g/mol. The van der Waals surface area contributed by atoms with Crippen LogP contribution in [0.1, 0.15) is 64.7 Å². The Kier molecular flexibility index (Phi) is 15.8. The fourth-order valence-electron chi connectivity index (χ4n) is 1.67. The molecule has 0 rings (SSSR count). The largest absolute Gasteiger partial charge is 1.00 e. The first-order valence-electron chi connectivity index (χ1n) is 7.17. The molecule has 7 heteroatoms. The zero-order valence-corrected chi connectivity index (χ0v) is 15.1. The molecule has 0 heterocycles. The van der Waals surface area contributed by atoms with Crippen molar-refractivity contribution in [2.45, 2.75) is 70.8 Å². The van der Waals surface area contributed by atoms with Gasteiger partial charge in [-0.1, -0.05) is 39.0 Å². The number of aliphatic carboxylic acids is 1. The first-order chi connectivity index (χ1) is 9.47. The smallest absolute Gasteiger partial charge is 0.548 e. The number of unbranched alkanes of at least 4 members (excludes halogenated alkanes) is 5. The standard InChI is InChI=1S/C14H25NO5.Na/c1-2-3-4-5-6-7-8-12(16)20-13(17)10-9-11(15)14(18)19;/h11H,2-10,15H2,1H3,(H,18,19);/q;+1/p-1/t11-;/m0./s1. The Morgan fingerprint density at radius 1 is 1.00 bits per heavy atom. The van der Waals surface area contributed by atoms with E-state index in [1.54, 1.807) is 0 Å². The molecule has 0 saturated carbocycles. The molecule has 0 aliphatic heterocycles. The number of carboxylic acid groups (broad SMARTS) is 1. The second kappa shape index (κ2) is 14.5. The van der Waals surface area contributed by atoms with E-state index in [1.807, 2.05) is 0 Å². The molecular formula is C14H24NNaO5. The molecular weight excluding hydrogens is 285 g/mol. The van der Waals surface area contributed by atoms with E-state index in [0.29, 0.717) is 6.42 Å². The molecule has 116 valence electrons. The van der Waals surface area contributed by atoms with Gasteiger partial charge in [0.25, 0.3) is 0 Å². The van der Waals surface area contributed by atoms with Gasteiger partial charge in [-0.2, -0.15) is 0 Å². The number of carboxylic acids is 1. The molecule has 0 aliphatic carbocycles. The van der Waals surface area contributed by atoms with Crippen molar-refractivity contribution in [1.29, 1.82) is 0 Å². The second-order valence-corrected chi connectivity index (χ2v) is 4.83. The van der Waals surface area contributed by atoms with Crippen molar-refractivity contribution in [1.82, 2.24) is 0 Å². The van der Waals surface area contributed by atoms with Gasteiger partial charge >= 0.3 is 41.5 Å². The molecule has 0 aromatic carbocycles. The molecule has 0 aromatic heterocycles. The van der Waals surface area contributed by atoms with Crippen LogP contribution >= 0.6 is 0 Å². The summed E-state index contributed by atoms with van der Waals surface area (Å²) in [4.78, 5) is 32.9. The van der Waals surface area contributed by atoms with Crippen LogP contribution in [0.4, 0.5) is 0 Å². The third-order valence-electron chi connectivity index (χ3n) is 2.92. The van der Waals surface area contributed by atoms with E-state index < -0.39 is 23.9 Å². The molecule has 1 atom stereocenters. The van der Waals surface area contributed by atoms with Crippen molar-refractivity contribution in [3.05, 3.63) is 0 Å². The van der Waals surface area contributed by atoms with Gasteiger partial charge in [-0.15, -0.1) is 0 Å². The molecule has 0 saturated heterocycles. The summed E-state index contributed by atoms with van der Waals surface area (Å²) in [5.74, 6) is -2.72. The monoisotopic (exact) mass is 309 g/mol. The maximum atomic E-state index is 11.3. The second-order valence-electron chi connectivity index (χ2n) is 4.83. The van der Waals surface area contributed by atoms with Gasteiger partial charge in [-0.05, 0) is 12.8 Å². The Bertz CT molecular complexity index is 322. The molecule has 21 heavy (non-hydrogen) atoms. The zero-order valence-electron chi connectivity index (χ0n) is 13.1. The van der Waals surface area contributed by atoms with Gasteiger partial charge in [0.05, 0.1) is 5.97 Å². The van der Waals surface area contributed by atoms with Crippen LogP contribution in [0.5, 0.6) is 0 Å². The van der Waals surface area contributed by atoms with E-state index in [4.69, 9.17) is 5.73 Å². The summed E-state index contributed by atoms with van der Waals surface area (Å²) >= 11 is 0. The number of hydrogen-bond acceptors (Lipinski definition) is 6. The first kappa shape index (κ1) is 22.8. The Labute approximate surface area is 148 Å². The minimum atomic E-state index is -1.42. The van der Waals surface area contributed by atoms with Crippen LogP contribution in [-0.2, 0) is 19.1 Å². The fourth-order valence-corrected chi connectivity index (χ4v) is 1.67. The van der Waals surface area contributed by atoms with E-state index >= 15 is 0 Å². The van der Waals surface area contributed by atoms with E-state index in [2.05, 4.69) is 11.7 Å². The summed E-state index contributed by atoms with van der Waals surface area (Å²) in [5.41, 5.74) is 5.18. The van der Waals surface area contributed by atoms with E-state index in [-0.39, 0.29) is 48.8 Å².